The first kappa shape index (κ1) is 12.1. The lowest BCUT2D eigenvalue weighted by Gasteiger charge is -2.17. The molecule has 0 radical (unpaired) electrons. The lowest BCUT2D eigenvalue weighted by molar-refractivity contribution is 0.162. The molecule has 0 aliphatic rings. The molecule has 0 heterocycles. The van der Waals surface area contributed by atoms with Gasteiger partial charge in [0.1, 0.15) is 5.75 Å². The van der Waals surface area contributed by atoms with Crippen molar-refractivity contribution < 1.29 is 9.84 Å². The maximum atomic E-state index is 10.0. The Kier molecular flexibility index (Phi) is 4.15. The molecule has 0 aromatic heterocycles. The van der Waals surface area contributed by atoms with E-state index in [9.17, 15) is 5.11 Å². The van der Waals surface area contributed by atoms with Crippen molar-refractivity contribution in [2.45, 2.75) is 39.7 Å². The number of ether oxygens (including phenoxy) is 1. The minimum atomic E-state index is -0.413. The molecule has 2 nitrogen and oxygen atoms in total. The molecular formula is C13H20O2. The molecule has 84 valence electrons. The first-order chi connectivity index (χ1) is 7.10. The second-order valence-electron chi connectivity index (χ2n) is 4.01. The summed E-state index contributed by atoms with van der Waals surface area (Å²) in [5.74, 6) is 0.821. The van der Waals surface area contributed by atoms with Gasteiger partial charge in [0, 0.05) is 5.56 Å². The molecule has 15 heavy (non-hydrogen) atoms. The standard InChI is InChI=1S/C13H20O2/c1-5-6-12(14)11-8-9(2)7-10(3)13(11)15-4/h7-8,12,14H,5-6H2,1-4H3. The first-order valence-electron chi connectivity index (χ1n) is 5.43. The van der Waals surface area contributed by atoms with Crippen molar-refractivity contribution in [2.24, 2.45) is 0 Å². The second kappa shape index (κ2) is 5.17. The van der Waals surface area contributed by atoms with Gasteiger partial charge in [0.2, 0.25) is 0 Å². The fraction of sp³-hybridized carbons (Fsp3) is 0.538. The predicted octanol–water partition coefficient (Wildman–Crippen LogP) is 3.15. The number of rotatable bonds is 4. The van der Waals surface area contributed by atoms with Crippen LogP contribution in [0.5, 0.6) is 5.75 Å². The van der Waals surface area contributed by atoms with Crippen LogP contribution in [0, 0.1) is 13.8 Å². The van der Waals surface area contributed by atoms with E-state index in [4.69, 9.17) is 4.74 Å². The van der Waals surface area contributed by atoms with Crippen molar-refractivity contribution in [2.75, 3.05) is 7.11 Å². The van der Waals surface area contributed by atoms with E-state index < -0.39 is 6.10 Å². The highest BCUT2D eigenvalue weighted by molar-refractivity contribution is 5.44. The number of aryl methyl sites for hydroxylation is 2. The quantitative estimate of drug-likeness (QED) is 0.823. The van der Waals surface area contributed by atoms with E-state index in [1.165, 1.54) is 5.56 Å². The average Bonchev–Trinajstić information content (AvgIpc) is 2.17. The molecule has 1 aromatic rings. The zero-order valence-corrected chi connectivity index (χ0v) is 10.0. The minimum Gasteiger partial charge on any atom is -0.496 e. The summed E-state index contributed by atoms with van der Waals surface area (Å²) in [6, 6.07) is 4.08. The zero-order valence-electron chi connectivity index (χ0n) is 10.0. The van der Waals surface area contributed by atoms with Gasteiger partial charge in [0.15, 0.2) is 0 Å². The molecule has 1 atom stereocenters. The molecule has 1 unspecified atom stereocenters. The fourth-order valence-corrected chi connectivity index (χ4v) is 1.94. The molecule has 0 fully saturated rings. The van der Waals surface area contributed by atoms with E-state index >= 15 is 0 Å². The number of aliphatic hydroxyl groups is 1. The molecule has 1 rings (SSSR count). The normalized spacial score (nSPS) is 12.6. The van der Waals surface area contributed by atoms with Crippen molar-refractivity contribution in [1.82, 2.24) is 0 Å². The summed E-state index contributed by atoms with van der Waals surface area (Å²) in [5, 5.41) is 10.0. The van der Waals surface area contributed by atoms with Gasteiger partial charge in [-0.3, -0.25) is 0 Å². The van der Waals surface area contributed by atoms with Gasteiger partial charge in [0.25, 0.3) is 0 Å². The van der Waals surface area contributed by atoms with Crippen LogP contribution in [0.15, 0.2) is 12.1 Å². The topological polar surface area (TPSA) is 29.5 Å². The van der Waals surface area contributed by atoms with Crippen LogP contribution < -0.4 is 4.74 Å². The highest BCUT2D eigenvalue weighted by atomic mass is 16.5. The highest BCUT2D eigenvalue weighted by Crippen LogP contribution is 2.32. The minimum absolute atomic E-state index is 0.413. The van der Waals surface area contributed by atoms with Crippen LogP contribution in [0.1, 0.15) is 42.6 Å². The van der Waals surface area contributed by atoms with E-state index in [-0.39, 0.29) is 0 Å². The Hall–Kier alpha value is -1.02. The third-order valence-electron chi connectivity index (χ3n) is 2.57. The van der Waals surface area contributed by atoms with Crippen LogP contribution >= 0.6 is 0 Å². The molecule has 0 aliphatic heterocycles. The Morgan fingerprint density at radius 3 is 2.53 bits per heavy atom. The molecule has 0 spiro atoms. The molecule has 0 saturated carbocycles. The number of hydrogen-bond donors (Lipinski definition) is 1. The summed E-state index contributed by atoms with van der Waals surface area (Å²) in [7, 11) is 1.65. The molecule has 1 N–H and O–H groups in total. The summed E-state index contributed by atoms with van der Waals surface area (Å²) < 4.78 is 5.34. The first-order valence-corrected chi connectivity index (χ1v) is 5.43. The Morgan fingerprint density at radius 2 is 2.00 bits per heavy atom. The summed E-state index contributed by atoms with van der Waals surface area (Å²) in [6.45, 7) is 6.11. The molecule has 0 aliphatic carbocycles. The van der Waals surface area contributed by atoms with Crippen molar-refractivity contribution in [3.05, 3.63) is 28.8 Å². The van der Waals surface area contributed by atoms with E-state index in [1.54, 1.807) is 7.11 Å². The van der Waals surface area contributed by atoms with Gasteiger partial charge in [-0.2, -0.15) is 0 Å². The van der Waals surface area contributed by atoms with Crippen molar-refractivity contribution in [1.29, 1.82) is 0 Å². The number of methoxy groups -OCH3 is 1. The van der Waals surface area contributed by atoms with Crippen LogP contribution in [-0.2, 0) is 0 Å². The average molecular weight is 208 g/mol. The Bertz CT molecular complexity index is 332. The Morgan fingerprint density at radius 1 is 1.33 bits per heavy atom. The van der Waals surface area contributed by atoms with Gasteiger partial charge >= 0.3 is 0 Å². The van der Waals surface area contributed by atoms with E-state index in [0.717, 1.165) is 29.7 Å². The van der Waals surface area contributed by atoms with Crippen LogP contribution in [0.25, 0.3) is 0 Å². The molecule has 0 amide bonds. The van der Waals surface area contributed by atoms with Crippen molar-refractivity contribution in [3.8, 4) is 5.75 Å². The zero-order chi connectivity index (χ0) is 11.4. The molecule has 0 saturated heterocycles. The van der Waals surface area contributed by atoms with Crippen molar-refractivity contribution in [3.63, 3.8) is 0 Å². The van der Waals surface area contributed by atoms with Gasteiger partial charge in [-0.25, -0.2) is 0 Å². The predicted molar refractivity (Wildman–Crippen MR) is 62.3 cm³/mol. The lowest BCUT2D eigenvalue weighted by Crippen LogP contribution is -2.02. The van der Waals surface area contributed by atoms with Gasteiger partial charge in [-0.15, -0.1) is 0 Å². The largest absolute Gasteiger partial charge is 0.496 e. The molecule has 0 bridgehead atoms. The monoisotopic (exact) mass is 208 g/mol. The number of benzene rings is 1. The van der Waals surface area contributed by atoms with E-state index in [2.05, 4.69) is 13.0 Å². The Balaban J connectivity index is 3.13. The maximum absolute atomic E-state index is 10.0. The molecular weight excluding hydrogens is 188 g/mol. The maximum Gasteiger partial charge on any atom is 0.127 e. The van der Waals surface area contributed by atoms with Crippen LogP contribution in [0.2, 0.25) is 0 Å². The van der Waals surface area contributed by atoms with Gasteiger partial charge < -0.3 is 9.84 Å². The third kappa shape index (κ3) is 2.72. The van der Waals surface area contributed by atoms with Gasteiger partial charge in [-0.05, 0) is 31.9 Å². The van der Waals surface area contributed by atoms with Crippen LogP contribution in [0.4, 0.5) is 0 Å². The number of hydrogen-bond acceptors (Lipinski definition) is 2. The van der Waals surface area contributed by atoms with Gasteiger partial charge in [-0.1, -0.05) is 25.0 Å². The highest BCUT2D eigenvalue weighted by Gasteiger charge is 2.14. The van der Waals surface area contributed by atoms with Crippen molar-refractivity contribution >= 4 is 0 Å². The fourth-order valence-electron chi connectivity index (χ4n) is 1.94. The lowest BCUT2D eigenvalue weighted by atomic mass is 9.99. The summed E-state index contributed by atoms with van der Waals surface area (Å²) >= 11 is 0. The van der Waals surface area contributed by atoms with Crippen LogP contribution in [-0.4, -0.2) is 12.2 Å². The molecule has 1 aromatic carbocycles. The van der Waals surface area contributed by atoms with Crippen LogP contribution in [0.3, 0.4) is 0 Å². The summed E-state index contributed by atoms with van der Waals surface area (Å²) in [6.07, 6.45) is 1.33. The third-order valence-corrected chi connectivity index (χ3v) is 2.57. The summed E-state index contributed by atoms with van der Waals surface area (Å²) in [5.41, 5.74) is 3.16. The second-order valence-corrected chi connectivity index (χ2v) is 4.01. The van der Waals surface area contributed by atoms with E-state index in [0.29, 0.717) is 0 Å². The van der Waals surface area contributed by atoms with Gasteiger partial charge in [0.05, 0.1) is 13.2 Å². The SMILES string of the molecule is CCCC(O)c1cc(C)cc(C)c1OC. The summed E-state index contributed by atoms with van der Waals surface area (Å²) in [4.78, 5) is 0. The van der Waals surface area contributed by atoms with E-state index in [1.807, 2.05) is 19.9 Å². The Labute approximate surface area is 91.9 Å². The molecule has 2 heteroatoms. The smallest absolute Gasteiger partial charge is 0.127 e. The number of aliphatic hydroxyl groups excluding tert-OH is 1.